The second kappa shape index (κ2) is 3.42. The second-order valence-electron chi connectivity index (χ2n) is 2.22. The van der Waals surface area contributed by atoms with E-state index in [4.69, 9.17) is 0 Å². The first-order valence-corrected chi connectivity index (χ1v) is 3.23. The molecular weight excluding hydrogens is 153 g/mol. The molecule has 0 N–H and O–H groups in total. The van der Waals surface area contributed by atoms with Crippen LogP contribution in [0.25, 0.3) is 0 Å². The number of alkyl halides is 1. The van der Waals surface area contributed by atoms with Crippen LogP contribution in [0.5, 0.6) is 0 Å². The van der Waals surface area contributed by atoms with E-state index in [-0.39, 0.29) is 6.42 Å². The molecule has 0 unspecified atom stereocenters. The van der Waals surface area contributed by atoms with Gasteiger partial charge >= 0.3 is 0 Å². The third kappa shape index (κ3) is 2.26. The highest BCUT2D eigenvalue weighted by Crippen LogP contribution is 2.08. The van der Waals surface area contributed by atoms with Gasteiger partial charge < -0.3 is 0 Å². The number of hydrogen-bond acceptors (Lipinski definition) is 0. The lowest BCUT2D eigenvalue weighted by molar-refractivity contribution is 0.492. The molecule has 0 nitrogen and oxygen atoms in total. The molecule has 0 saturated carbocycles. The van der Waals surface area contributed by atoms with Crippen LogP contribution in [0.3, 0.4) is 0 Å². The number of halogens is 3. The van der Waals surface area contributed by atoms with Crippen molar-refractivity contribution in [3.63, 3.8) is 0 Å². The van der Waals surface area contributed by atoms with Crippen LogP contribution >= 0.6 is 0 Å². The van der Waals surface area contributed by atoms with Gasteiger partial charge in [0.1, 0.15) is 11.6 Å². The van der Waals surface area contributed by atoms with E-state index in [9.17, 15) is 13.2 Å². The Morgan fingerprint density at radius 2 is 1.55 bits per heavy atom. The van der Waals surface area contributed by atoms with Gasteiger partial charge in [-0.05, 0) is 17.7 Å². The van der Waals surface area contributed by atoms with Crippen molar-refractivity contribution in [2.75, 3.05) is 6.67 Å². The first-order valence-electron chi connectivity index (χ1n) is 3.23. The molecule has 0 saturated heterocycles. The van der Waals surface area contributed by atoms with Crippen molar-refractivity contribution < 1.29 is 13.2 Å². The van der Waals surface area contributed by atoms with Crippen LogP contribution in [-0.4, -0.2) is 6.67 Å². The van der Waals surface area contributed by atoms with Crippen molar-refractivity contribution in [3.05, 3.63) is 35.4 Å². The fraction of sp³-hybridized carbons (Fsp3) is 0.250. The van der Waals surface area contributed by atoms with Gasteiger partial charge in [0.05, 0.1) is 6.67 Å². The predicted molar refractivity (Wildman–Crippen MR) is 36.0 cm³/mol. The minimum absolute atomic E-state index is 0.0642. The summed E-state index contributed by atoms with van der Waals surface area (Å²) < 4.78 is 36.5. The lowest BCUT2D eigenvalue weighted by Crippen LogP contribution is -1.89. The van der Waals surface area contributed by atoms with Gasteiger partial charge in [-0.3, -0.25) is 4.39 Å². The van der Waals surface area contributed by atoms with Crippen LogP contribution in [0.15, 0.2) is 18.2 Å². The van der Waals surface area contributed by atoms with Gasteiger partial charge in [-0.2, -0.15) is 0 Å². The molecule has 0 aliphatic rings. The van der Waals surface area contributed by atoms with Gasteiger partial charge in [0, 0.05) is 12.5 Å². The van der Waals surface area contributed by atoms with Gasteiger partial charge in [0.25, 0.3) is 0 Å². The molecule has 0 atom stereocenters. The fourth-order valence-electron chi connectivity index (χ4n) is 0.864. The zero-order valence-corrected chi connectivity index (χ0v) is 5.78. The maximum atomic E-state index is 12.4. The summed E-state index contributed by atoms with van der Waals surface area (Å²) in [5, 5.41) is 0. The first kappa shape index (κ1) is 8.11. The molecule has 0 fully saturated rings. The van der Waals surface area contributed by atoms with Crippen LogP contribution in [0.4, 0.5) is 13.2 Å². The van der Waals surface area contributed by atoms with Crippen molar-refractivity contribution in [1.82, 2.24) is 0 Å². The molecule has 0 aliphatic carbocycles. The molecule has 0 aromatic heterocycles. The van der Waals surface area contributed by atoms with E-state index in [0.717, 1.165) is 18.2 Å². The highest BCUT2D eigenvalue weighted by Gasteiger charge is 1.99. The van der Waals surface area contributed by atoms with E-state index in [1.54, 1.807) is 0 Å². The second-order valence-corrected chi connectivity index (χ2v) is 2.22. The summed E-state index contributed by atoms with van der Waals surface area (Å²) in [7, 11) is 0. The standard InChI is InChI=1S/C8H7F3/c9-2-1-6-3-7(10)5-8(11)4-6/h3-5H,1-2H2. The van der Waals surface area contributed by atoms with E-state index < -0.39 is 18.3 Å². The molecule has 0 aliphatic heterocycles. The average Bonchev–Trinajstić information content (AvgIpc) is 1.85. The monoisotopic (exact) mass is 160 g/mol. The van der Waals surface area contributed by atoms with Crippen molar-refractivity contribution in [2.45, 2.75) is 6.42 Å². The molecule has 1 rings (SSSR count). The lowest BCUT2D eigenvalue weighted by atomic mass is 10.1. The van der Waals surface area contributed by atoms with Gasteiger partial charge in [-0.1, -0.05) is 0 Å². The Kier molecular flexibility index (Phi) is 2.52. The largest absolute Gasteiger partial charge is 0.251 e. The van der Waals surface area contributed by atoms with Crippen molar-refractivity contribution in [2.24, 2.45) is 0 Å². The zero-order valence-electron chi connectivity index (χ0n) is 5.78. The van der Waals surface area contributed by atoms with Crippen molar-refractivity contribution >= 4 is 0 Å². The molecule has 0 bridgehead atoms. The highest BCUT2D eigenvalue weighted by molar-refractivity contribution is 5.17. The van der Waals surface area contributed by atoms with Crippen LogP contribution in [0, 0.1) is 11.6 Å². The molecule has 1 aromatic rings. The SMILES string of the molecule is FCCc1cc(F)cc(F)c1. The third-order valence-corrected chi connectivity index (χ3v) is 1.31. The van der Waals surface area contributed by atoms with Crippen LogP contribution in [0.1, 0.15) is 5.56 Å². The Morgan fingerprint density at radius 1 is 1.00 bits per heavy atom. The molecule has 0 amide bonds. The van der Waals surface area contributed by atoms with Gasteiger partial charge in [0.15, 0.2) is 0 Å². The summed E-state index contributed by atoms with van der Waals surface area (Å²) in [6.45, 7) is -0.594. The van der Waals surface area contributed by atoms with E-state index in [2.05, 4.69) is 0 Å². The third-order valence-electron chi connectivity index (χ3n) is 1.31. The molecule has 0 radical (unpaired) electrons. The predicted octanol–water partition coefficient (Wildman–Crippen LogP) is 2.48. The molecule has 0 spiro atoms. The van der Waals surface area contributed by atoms with E-state index >= 15 is 0 Å². The van der Waals surface area contributed by atoms with E-state index in [1.165, 1.54) is 0 Å². The minimum Gasteiger partial charge on any atom is -0.251 e. The Labute approximate surface area is 62.7 Å². The minimum atomic E-state index is -0.659. The summed E-state index contributed by atoms with van der Waals surface area (Å²) >= 11 is 0. The normalized spacial score (nSPS) is 10.1. The Hall–Kier alpha value is -0.990. The maximum absolute atomic E-state index is 12.4. The number of aryl methyl sites for hydroxylation is 1. The van der Waals surface area contributed by atoms with E-state index in [0.29, 0.717) is 5.56 Å². The smallest absolute Gasteiger partial charge is 0.126 e. The molecular formula is C8H7F3. The molecule has 3 heteroatoms. The molecule has 0 heterocycles. The Morgan fingerprint density at radius 3 is 2.00 bits per heavy atom. The quantitative estimate of drug-likeness (QED) is 0.623. The maximum Gasteiger partial charge on any atom is 0.126 e. The first-order chi connectivity index (χ1) is 5.22. The lowest BCUT2D eigenvalue weighted by Gasteiger charge is -1.96. The summed E-state index contributed by atoms with van der Waals surface area (Å²) in [6.07, 6.45) is 0.0642. The topological polar surface area (TPSA) is 0 Å². The van der Waals surface area contributed by atoms with Crippen LogP contribution in [-0.2, 0) is 6.42 Å². The molecule has 1 aromatic carbocycles. The summed E-state index contributed by atoms with van der Waals surface area (Å²) in [6, 6.07) is 3.02. The number of benzene rings is 1. The molecule has 60 valence electrons. The average molecular weight is 160 g/mol. The van der Waals surface area contributed by atoms with E-state index in [1.807, 2.05) is 0 Å². The Bertz CT molecular complexity index is 225. The number of rotatable bonds is 2. The number of hydrogen-bond donors (Lipinski definition) is 0. The fourth-order valence-corrected chi connectivity index (χ4v) is 0.864. The van der Waals surface area contributed by atoms with Crippen molar-refractivity contribution in [3.8, 4) is 0 Å². The van der Waals surface area contributed by atoms with Gasteiger partial charge in [-0.25, -0.2) is 8.78 Å². The van der Waals surface area contributed by atoms with Gasteiger partial charge in [-0.15, -0.1) is 0 Å². The Balaban J connectivity index is 2.89. The zero-order chi connectivity index (χ0) is 8.27. The van der Waals surface area contributed by atoms with Crippen LogP contribution in [0.2, 0.25) is 0 Å². The molecule has 11 heavy (non-hydrogen) atoms. The summed E-state index contributed by atoms with van der Waals surface area (Å²) in [4.78, 5) is 0. The van der Waals surface area contributed by atoms with Crippen LogP contribution < -0.4 is 0 Å². The highest BCUT2D eigenvalue weighted by atomic mass is 19.1. The summed E-state index contributed by atoms with van der Waals surface area (Å²) in [5.74, 6) is -1.32. The van der Waals surface area contributed by atoms with Gasteiger partial charge in [0.2, 0.25) is 0 Å². The summed E-state index contributed by atoms with van der Waals surface area (Å²) in [5.41, 5.74) is 0.352. The van der Waals surface area contributed by atoms with Crippen molar-refractivity contribution in [1.29, 1.82) is 0 Å².